The zero-order chi connectivity index (χ0) is 31.1. The van der Waals surface area contributed by atoms with Crippen molar-refractivity contribution in [2.24, 2.45) is 0 Å². The summed E-state index contributed by atoms with van der Waals surface area (Å²) in [5.41, 5.74) is -0.336. The van der Waals surface area contributed by atoms with E-state index in [2.05, 4.69) is 20.6 Å². The Bertz CT molecular complexity index is 1520. The molecule has 0 spiro atoms. The first-order chi connectivity index (χ1) is 20.3. The highest BCUT2D eigenvalue weighted by Crippen LogP contribution is 2.38. The molecule has 2 amide bonds. The van der Waals surface area contributed by atoms with Gasteiger partial charge in [-0.3, -0.25) is 4.79 Å². The Labute approximate surface area is 247 Å². The first-order valence-corrected chi connectivity index (χ1v) is 13.7. The van der Waals surface area contributed by atoms with Gasteiger partial charge in [-0.25, -0.2) is 23.5 Å². The number of hydrogen-bond donors (Lipinski definition) is 4. The fraction of sp³-hybridized carbons (Fsp3) is 0.379. The SMILES string of the molecule is CC1(C)OB(c2ccc(NC(=O)c3ccnc(-c4c(F)cccc4F)n3)c(N3C[C@@H](NC(=O)O)C[C@H]3CO)c2)OC1(C)C. The summed E-state index contributed by atoms with van der Waals surface area (Å²) in [5.74, 6) is -2.70. The molecule has 43 heavy (non-hydrogen) atoms. The first-order valence-electron chi connectivity index (χ1n) is 13.7. The Morgan fingerprint density at radius 2 is 1.77 bits per heavy atom. The molecule has 14 heteroatoms. The zero-order valence-corrected chi connectivity index (χ0v) is 24.1. The van der Waals surface area contributed by atoms with Crippen molar-refractivity contribution in [2.75, 3.05) is 23.4 Å². The molecule has 0 unspecified atom stereocenters. The molecule has 0 bridgehead atoms. The Morgan fingerprint density at radius 3 is 2.40 bits per heavy atom. The van der Waals surface area contributed by atoms with E-state index < -0.39 is 59.6 Å². The van der Waals surface area contributed by atoms with Gasteiger partial charge < -0.3 is 35.1 Å². The molecule has 2 aliphatic rings. The lowest BCUT2D eigenvalue weighted by molar-refractivity contribution is 0.00578. The third kappa shape index (κ3) is 6.03. The summed E-state index contributed by atoms with van der Waals surface area (Å²) in [4.78, 5) is 34.6. The minimum absolute atomic E-state index is 0.140. The summed E-state index contributed by atoms with van der Waals surface area (Å²) in [6, 6.07) is 8.89. The van der Waals surface area contributed by atoms with Gasteiger partial charge in [0.15, 0.2) is 5.82 Å². The van der Waals surface area contributed by atoms with Crippen LogP contribution in [0.3, 0.4) is 0 Å². The number of hydrogen-bond acceptors (Lipinski definition) is 8. The molecule has 226 valence electrons. The predicted octanol–water partition coefficient (Wildman–Crippen LogP) is 3.18. The van der Waals surface area contributed by atoms with E-state index >= 15 is 0 Å². The average Bonchev–Trinajstić information content (AvgIpc) is 3.44. The molecule has 0 aliphatic carbocycles. The van der Waals surface area contributed by atoms with Crippen molar-refractivity contribution < 1.29 is 37.9 Å². The molecular formula is C29H32BF2N5O6. The second-order valence-electron chi connectivity index (χ2n) is 11.6. The van der Waals surface area contributed by atoms with Crippen LogP contribution in [0.25, 0.3) is 11.4 Å². The maximum absolute atomic E-state index is 14.4. The highest BCUT2D eigenvalue weighted by molar-refractivity contribution is 6.62. The summed E-state index contributed by atoms with van der Waals surface area (Å²) >= 11 is 0. The van der Waals surface area contributed by atoms with Crippen LogP contribution in [-0.4, -0.2) is 75.7 Å². The number of nitrogens with one attached hydrogen (secondary N) is 2. The highest BCUT2D eigenvalue weighted by atomic mass is 19.1. The fourth-order valence-electron chi connectivity index (χ4n) is 5.19. The Balaban J connectivity index is 1.50. The molecule has 2 aliphatic heterocycles. The van der Waals surface area contributed by atoms with Crippen LogP contribution in [0.4, 0.5) is 25.0 Å². The summed E-state index contributed by atoms with van der Waals surface area (Å²) in [5, 5.41) is 24.7. The number of benzene rings is 2. The number of nitrogens with zero attached hydrogens (tertiary/aromatic N) is 3. The van der Waals surface area contributed by atoms with Crippen LogP contribution in [0.5, 0.6) is 0 Å². The maximum atomic E-state index is 14.4. The van der Waals surface area contributed by atoms with Crippen molar-refractivity contribution in [3.63, 3.8) is 0 Å². The molecule has 2 fully saturated rings. The number of aliphatic hydroxyl groups is 1. The first kappa shape index (κ1) is 30.3. The van der Waals surface area contributed by atoms with Crippen molar-refractivity contribution in [1.29, 1.82) is 0 Å². The number of aromatic nitrogens is 2. The quantitative estimate of drug-likeness (QED) is 0.303. The van der Waals surface area contributed by atoms with E-state index in [-0.39, 0.29) is 24.7 Å². The molecule has 2 saturated heterocycles. The third-order valence-corrected chi connectivity index (χ3v) is 8.13. The van der Waals surface area contributed by atoms with E-state index in [9.17, 15) is 28.6 Å². The van der Waals surface area contributed by atoms with Gasteiger partial charge in [0.2, 0.25) is 0 Å². The van der Waals surface area contributed by atoms with Crippen molar-refractivity contribution in [3.05, 3.63) is 66.0 Å². The number of anilines is 2. The van der Waals surface area contributed by atoms with Crippen molar-refractivity contribution >= 4 is 36.0 Å². The Kier molecular flexibility index (Phi) is 8.12. The highest BCUT2D eigenvalue weighted by Gasteiger charge is 2.52. The van der Waals surface area contributed by atoms with Gasteiger partial charge in [0, 0.05) is 12.7 Å². The third-order valence-electron chi connectivity index (χ3n) is 8.13. The van der Waals surface area contributed by atoms with E-state index in [1.54, 1.807) is 18.2 Å². The molecule has 5 rings (SSSR count). The van der Waals surface area contributed by atoms with Crippen LogP contribution in [0, 0.1) is 11.6 Å². The van der Waals surface area contributed by atoms with E-state index in [0.717, 1.165) is 12.1 Å². The largest absolute Gasteiger partial charge is 0.494 e. The second kappa shape index (κ2) is 11.5. The van der Waals surface area contributed by atoms with E-state index in [1.807, 2.05) is 32.6 Å². The lowest BCUT2D eigenvalue weighted by Crippen LogP contribution is -2.41. The smallest absolute Gasteiger partial charge is 0.465 e. The maximum Gasteiger partial charge on any atom is 0.494 e. The van der Waals surface area contributed by atoms with Gasteiger partial charge >= 0.3 is 13.2 Å². The summed E-state index contributed by atoms with van der Waals surface area (Å²) in [6.45, 7) is 7.66. The predicted molar refractivity (Wildman–Crippen MR) is 155 cm³/mol. The molecule has 1 aromatic heterocycles. The van der Waals surface area contributed by atoms with Crippen LogP contribution < -0.4 is 21.0 Å². The summed E-state index contributed by atoms with van der Waals surface area (Å²) < 4.78 is 41.2. The van der Waals surface area contributed by atoms with Crippen molar-refractivity contribution in [2.45, 2.75) is 57.4 Å². The monoisotopic (exact) mass is 595 g/mol. The van der Waals surface area contributed by atoms with Crippen molar-refractivity contribution in [3.8, 4) is 11.4 Å². The fourth-order valence-corrected chi connectivity index (χ4v) is 5.19. The zero-order valence-electron chi connectivity index (χ0n) is 24.1. The molecule has 3 aromatic rings. The lowest BCUT2D eigenvalue weighted by Gasteiger charge is -2.32. The standard InChI is InChI=1S/C29H32BF2N5O6/c1-28(2)29(3,4)43-30(42-28)16-8-9-21(23(12-16)37-14-17(34-27(40)41)13-18(37)15-38)36-26(39)22-10-11-33-25(35-22)24-19(31)6-5-7-20(24)32/h5-12,17-18,34,38H,13-15H2,1-4H3,(H,36,39)(H,40,41)/t17-,18-/m0/s1. The number of carbonyl (C=O) groups excluding carboxylic acids is 1. The average molecular weight is 595 g/mol. The Hall–Kier alpha value is -4.14. The molecule has 2 aromatic carbocycles. The topological polar surface area (TPSA) is 146 Å². The van der Waals surface area contributed by atoms with Gasteiger partial charge in [0.1, 0.15) is 17.3 Å². The van der Waals surface area contributed by atoms with Crippen LogP contribution in [-0.2, 0) is 9.31 Å². The van der Waals surface area contributed by atoms with Crippen LogP contribution in [0.15, 0.2) is 48.7 Å². The molecule has 0 radical (unpaired) electrons. The van der Waals surface area contributed by atoms with Gasteiger partial charge in [0.25, 0.3) is 5.91 Å². The van der Waals surface area contributed by atoms with Crippen molar-refractivity contribution in [1.82, 2.24) is 15.3 Å². The molecule has 0 saturated carbocycles. The molecule has 4 N–H and O–H groups in total. The van der Waals surface area contributed by atoms with Gasteiger partial charge in [0.05, 0.1) is 46.8 Å². The number of amides is 2. The second-order valence-corrected chi connectivity index (χ2v) is 11.6. The number of carbonyl (C=O) groups is 2. The van der Waals surface area contributed by atoms with Crippen LogP contribution in [0.1, 0.15) is 44.6 Å². The van der Waals surface area contributed by atoms with Gasteiger partial charge in [-0.2, -0.15) is 0 Å². The minimum atomic E-state index is -1.19. The number of carboxylic acid groups (broad SMARTS) is 1. The normalized spacial score (nSPS) is 20.7. The van der Waals surface area contributed by atoms with Crippen LogP contribution in [0.2, 0.25) is 0 Å². The number of halogens is 2. The molecule has 11 nitrogen and oxygen atoms in total. The van der Waals surface area contributed by atoms with Gasteiger partial charge in [-0.05, 0) is 69.9 Å². The van der Waals surface area contributed by atoms with Crippen LogP contribution >= 0.6 is 0 Å². The molecule has 3 heterocycles. The summed E-state index contributed by atoms with van der Waals surface area (Å²) in [6.07, 6.45) is 0.379. The Morgan fingerprint density at radius 1 is 1.09 bits per heavy atom. The van der Waals surface area contributed by atoms with E-state index in [4.69, 9.17) is 9.31 Å². The van der Waals surface area contributed by atoms with E-state index in [0.29, 0.717) is 23.3 Å². The molecular weight excluding hydrogens is 563 g/mol. The van der Waals surface area contributed by atoms with Gasteiger partial charge in [-0.1, -0.05) is 12.1 Å². The molecule has 2 atom stereocenters. The van der Waals surface area contributed by atoms with Gasteiger partial charge in [-0.15, -0.1) is 0 Å². The number of rotatable bonds is 7. The lowest BCUT2D eigenvalue weighted by atomic mass is 9.78. The number of aliphatic hydroxyl groups excluding tert-OH is 1. The minimum Gasteiger partial charge on any atom is -0.465 e. The summed E-state index contributed by atoms with van der Waals surface area (Å²) in [7, 11) is -0.725. The van der Waals surface area contributed by atoms with E-state index in [1.165, 1.54) is 18.3 Å².